The summed E-state index contributed by atoms with van der Waals surface area (Å²) >= 11 is 0. The van der Waals surface area contributed by atoms with Crippen molar-refractivity contribution in [2.45, 2.75) is 30.3 Å². The average molecular weight is 353 g/mol. The van der Waals surface area contributed by atoms with Gasteiger partial charge in [-0.25, -0.2) is 13.1 Å². The number of piperazine rings is 1. The number of nitrogens with one attached hydrogen (secondary N) is 2. The Morgan fingerprint density at radius 1 is 1.38 bits per heavy atom. The van der Waals surface area contributed by atoms with E-state index in [1.807, 2.05) is 11.8 Å². The number of fused-ring (bicyclic) bond motifs is 2. The molecule has 0 aromatic heterocycles. The Hall–Kier alpha value is -1.48. The highest BCUT2D eigenvalue weighted by atomic mass is 32.2. The maximum atomic E-state index is 12.6. The summed E-state index contributed by atoms with van der Waals surface area (Å²) in [6.07, 6.45) is 1.00. The molecule has 0 unspecified atom stereocenters. The summed E-state index contributed by atoms with van der Waals surface area (Å²) in [5.74, 6) is -0.0303. The molecule has 132 valence electrons. The number of sulfonamides is 1. The molecule has 2 aliphatic heterocycles. The summed E-state index contributed by atoms with van der Waals surface area (Å²) < 4.78 is 31.9. The van der Waals surface area contributed by atoms with E-state index in [-0.39, 0.29) is 23.4 Å². The molecule has 8 heteroatoms. The molecule has 2 heterocycles. The van der Waals surface area contributed by atoms with Crippen molar-refractivity contribution in [2.24, 2.45) is 0 Å². The zero-order valence-electron chi connectivity index (χ0n) is 13.7. The van der Waals surface area contributed by atoms with E-state index in [0.717, 1.165) is 19.5 Å². The lowest BCUT2D eigenvalue weighted by Crippen LogP contribution is -2.46. The fourth-order valence-corrected chi connectivity index (χ4v) is 4.24. The highest BCUT2D eigenvalue weighted by Gasteiger charge is 2.40. The third-order valence-electron chi connectivity index (χ3n) is 4.47. The molecule has 24 heavy (non-hydrogen) atoms. The van der Waals surface area contributed by atoms with Crippen molar-refractivity contribution in [2.75, 3.05) is 32.8 Å². The van der Waals surface area contributed by atoms with E-state index in [1.165, 1.54) is 12.1 Å². The molecule has 2 bridgehead atoms. The first kappa shape index (κ1) is 17.3. The lowest BCUT2D eigenvalue weighted by Gasteiger charge is -2.27. The number of carbonyl (C=O) groups excluding carboxylic acids is 1. The predicted molar refractivity (Wildman–Crippen MR) is 89.4 cm³/mol. The van der Waals surface area contributed by atoms with E-state index < -0.39 is 10.0 Å². The van der Waals surface area contributed by atoms with Crippen molar-refractivity contribution in [3.05, 3.63) is 29.8 Å². The van der Waals surface area contributed by atoms with Crippen LogP contribution in [0.25, 0.3) is 0 Å². The van der Waals surface area contributed by atoms with Crippen molar-refractivity contribution in [3.63, 3.8) is 0 Å². The number of likely N-dealkylation sites (tertiary alicyclic amines) is 1. The Labute approximate surface area is 142 Å². The van der Waals surface area contributed by atoms with E-state index in [1.54, 1.807) is 12.1 Å². The molecule has 2 N–H and O–H groups in total. The number of hydrogen-bond acceptors (Lipinski definition) is 5. The molecule has 1 aromatic carbocycles. The lowest BCUT2D eigenvalue weighted by molar-refractivity contribution is 0.0716. The van der Waals surface area contributed by atoms with Crippen LogP contribution in [-0.4, -0.2) is 64.2 Å². The van der Waals surface area contributed by atoms with Gasteiger partial charge in [0.1, 0.15) is 0 Å². The van der Waals surface area contributed by atoms with Gasteiger partial charge in [0.2, 0.25) is 10.0 Å². The van der Waals surface area contributed by atoms with Gasteiger partial charge in [-0.3, -0.25) is 4.79 Å². The molecule has 0 radical (unpaired) electrons. The van der Waals surface area contributed by atoms with Crippen LogP contribution in [-0.2, 0) is 14.8 Å². The second-order valence-corrected chi connectivity index (χ2v) is 7.84. The minimum absolute atomic E-state index is 0.0303. The first-order valence-corrected chi connectivity index (χ1v) is 9.71. The summed E-state index contributed by atoms with van der Waals surface area (Å²) in [6, 6.07) is 6.77. The topological polar surface area (TPSA) is 87.7 Å². The van der Waals surface area contributed by atoms with Crippen LogP contribution in [0.4, 0.5) is 0 Å². The third kappa shape index (κ3) is 3.61. The van der Waals surface area contributed by atoms with Crippen LogP contribution in [0.2, 0.25) is 0 Å². The van der Waals surface area contributed by atoms with Gasteiger partial charge in [-0.15, -0.1) is 0 Å². The lowest BCUT2D eigenvalue weighted by atomic mass is 10.2. The first-order chi connectivity index (χ1) is 11.5. The van der Waals surface area contributed by atoms with Gasteiger partial charge >= 0.3 is 0 Å². The fraction of sp³-hybridized carbons (Fsp3) is 0.562. The van der Waals surface area contributed by atoms with E-state index >= 15 is 0 Å². The van der Waals surface area contributed by atoms with Crippen LogP contribution in [0.15, 0.2) is 29.2 Å². The Kier molecular flexibility index (Phi) is 5.19. The van der Waals surface area contributed by atoms with Crippen LogP contribution in [0.5, 0.6) is 0 Å². The Bertz CT molecular complexity index is 690. The molecule has 2 fully saturated rings. The third-order valence-corrected chi connectivity index (χ3v) is 5.95. The summed E-state index contributed by atoms with van der Waals surface area (Å²) in [6.45, 7) is 4.52. The van der Waals surface area contributed by atoms with Gasteiger partial charge in [0.15, 0.2) is 0 Å². The minimum atomic E-state index is -3.58. The van der Waals surface area contributed by atoms with Gasteiger partial charge in [0, 0.05) is 43.9 Å². The molecule has 1 amide bonds. The van der Waals surface area contributed by atoms with Crippen LogP contribution in [0.1, 0.15) is 23.7 Å². The number of nitrogens with zero attached hydrogens (tertiary/aromatic N) is 1. The summed E-state index contributed by atoms with van der Waals surface area (Å²) in [5, 5.41) is 3.36. The van der Waals surface area contributed by atoms with Crippen molar-refractivity contribution in [1.82, 2.24) is 14.9 Å². The highest BCUT2D eigenvalue weighted by Crippen LogP contribution is 2.25. The van der Waals surface area contributed by atoms with Gasteiger partial charge in [-0.2, -0.15) is 0 Å². The van der Waals surface area contributed by atoms with Crippen molar-refractivity contribution in [1.29, 1.82) is 0 Å². The van der Waals surface area contributed by atoms with E-state index in [4.69, 9.17) is 4.74 Å². The van der Waals surface area contributed by atoms with Crippen LogP contribution in [0.3, 0.4) is 0 Å². The molecule has 1 aromatic rings. The van der Waals surface area contributed by atoms with Gasteiger partial charge in [0.25, 0.3) is 5.91 Å². The average Bonchev–Trinajstić information content (AvgIpc) is 3.21. The SMILES string of the molecule is CCOCCNS(=O)(=O)c1ccc(C(=O)N2C[C@@H]3C[C@H]2CN3)cc1. The Morgan fingerprint density at radius 2 is 2.12 bits per heavy atom. The van der Waals surface area contributed by atoms with Crippen LogP contribution in [0, 0.1) is 0 Å². The Morgan fingerprint density at radius 3 is 2.71 bits per heavy atom. The number of carbonyl (C=O) groups is 1. The van der Waals surface area contributed by atoms with Crippen molar-refractivity contribution < 1.29 is 17.9 Å². The molecule has 2 aliphatic rings. The zero-order valence-corrected chi connectivity index (χ0v) is 14.5. The molecule has 3 rings (SSSR count). The quantitative estimate of drug-likeness (QED) is 0.683. The van der Waals surface area contributed by atoms with E-state index in [0.29, 0.717) is 24.8 Å². The Balaban J connectivity index is 1.63. The second kappa shape index (κ2) is 7.18. The van der Waals surface area contributed by atoms with Crippen LogP contribution < -0.4 is 10.0 Å². The number of rotatable bonds is 7. The molecular weight excluding hydrogens is 330 g/mol. The van der Waals surface area contributed by atoms with Crippen LogP contribution >= 0.6 is 0 Å². The van der Waals surface area contributed by atoms with E-state index in [2.05, 4.69) is 10.0 Å². The van der Waals surface area contributed by atoms with Gasteiger partial charge < -0.3 is 15.0 Å². The highest BCUT2D eigenvalue weighted by molar-refractivity contribution is 7.89. The molecule has 0 spiro atoms. The van der Waals surface area contributed by atoms with Gasteiger partial charge in [-0.1, -0.05) is 0 Å². The summed E-state index contributed by atoms with van der Waals surface area (Å²) in [4.78, 5) is 14.6. The maximum absolute atomic E-state index is 12.6. The van der Waals surface area contributed by atoms with Gasteiger partial charge in [0.05, 0.1) is 11.5 Å². The molecule has 2 saturated heterocycles. The predicted octanol–water partition coefficient (Wildman–Crippen LogP) is 0.188. The summed E-state index contributed by atoms with van der Waals surface area (Å²) in [7, 11) is -3.58. The first-order valence-electron chi connectivity index (χ1n) is 8.23. The second-order valence-electron chi connectivity index (χ2n) is 6.07. The molecule has 0 aliphatic carbocycles. The number of hydrogen-bond donors (Lipinski definition) is 2. The number of ether oxygens (including phenoxy) is 1. The molecular formula is C16H23N3O4S. The standard InChI is InChI=1S/C16H23N3O4S/c1-2-23-8-7-18-24(21,22)15-5-3-12(4-6-15)16(20)19-11-13-9-14(19)10-17-13/h3-6,13-14,17-18H,2,7-11H2,1H3/t13-,14-/m0/s1. The largest absolute Gasteiger partial charge is 0.380 e. The monoisotopic (exact) mass is 353 g/mol. The molecule has 0 saturated carbocycles. The fourth-order valence-electron chi connectivity index (χ4n) is 3.23. The minimum Gasteiger partial charge on any atom is -0.380 e. The number of benzene rings is 1. The summed E-state index contributed by atoms with van der Waals surface area (Å²) in [5.41, 5.74) is 0.524. The number of amides is 1. The smallest absolute Gasteiger partial charge is 0.254 e. The molecule has 7 nitrogen and oxygen atoms in total. The maximum Gasteiger partial charge on any atom is 0.254 e. The van der Waals surface area contributed by atoms with E-state index in [9.17, 15) is 13.2 Å². The van der Waals surface area contributed by atoms with Crippen molar-refractivity contribution in [3.8, 4) is 0 Å². The molecule has 2 atom stereocenters. The van der Waals surface area contributed by atoms with Gasteiger partial charge in [-0.05, 0) is 37.6 Å². The van der Waals surface area contributed by atoms with Crippen molar-refractivity contribution >= 4 is 15.9 Å². The normalized spacial score (nSPS) is 23.0. The zero-order chi connectivity index (χ0) is 17.2.